The van der Waals surface area contributed by atoms with E-state index in [2.05, 4.69) is 0 Å². The lowest BCUT2D eigenvalue weighted by molar-refractivity contribution is -0.152. The van der Waals surface area contributed by atoms with Crippen LogP contribution in [0.3, 0.4) is 0 Å². The lowest BCUT2D eigenvalue weighted by Crippen LogP contribution is -2.38. The monoisotopic (exact) mass is 286 g/mol. The van der Waals surface area contributed by atoms with Crippen molar-refractivity contribution in [3.8, 4) is 5.75 Å². The Hall–Kier alpha value is -2.37. The van der Waals surface area contributed by atoms with Crippen molar-refractivity contribution in [3.05, 3.63) is 66.2 Å². The topological polar surface area (TPSA) is 87.6 Å². The molecule has 2 aromatic carbocycles. The Bertz CT molecular complexity index is 560. The number of nitrogens with two attached hydrogens (primary N) is 2. The van der Waals surface area contributed by atoms with Gasteiger partial charge in [0.1, 0.15) is 12.4 Å². The number of benzene rings is 2. The van der Waals surface area contributed by atoms with Crippen molar-refractivity contribution < 1.29 is 14.3 Å². The van der Waals surface area contributed by atoms with Crippen molar-refractivity contribution >= 4 is 5.97 Å². The number of rotatable bonds is 6. The molecule has 110 valence electrons. The Kier molecular flexibility index (Phi) is 5.31. The van der Waals surface area contributed by atoms with Gasteiger partial charge in [0.15, 0.2) is 0 Å². The summed E-state index contributed by atoms with van der Waals surface area (Å²) in [4.78, 5) is 11.8. The van der Waals surface area contributed by atoms with Gasteiger partial charge in [0.25, 0.3) is 0 Å². The van der Waals surface area contributed by atoms with Gasteiger partial charge in [0.2, 0.25) is 6.23 Å². The van der Waals surface area contributed by atoms with Crippen LogP contribution in [0.25, 0.3) is 0 Å². The molecule has 0 aliphatic carbocycles. The predicted octanol–water partition coefficient (Wildman–Crippen LogP) is 1.59. The predicted molar refractivity (Wildman–Crippen MR) is 79.4 cm³/mol. The third-order valence-corrected chi connectivity index (χ3v) is 2.87. The van der Waals surface area contributed by atoms with Gasteiger partial charge in [0, 0.05) is 0 Å². The van der Waals surface area contributed by atoms with Crippen LogP contribution < -0.4 is 16.2 Å². The summed E-state index contributed by atoms with van der Waals surface area (Å²) in [5.74, 6) is -0.139. The van der Waals surface area contributed by atoms with E-state index in [1.54, 1.807) is 24.3 Å². The quantitative estimate of drug-likeness (QED) is 0.622. The first-order chi connectivity index (χ1) is 10.2. The summed E-state index contributed by atoms with van der Waals surface area (Å²) >= 11 is 0. The van der Waals surface area contributed by atoms with E-state index in [4.69, 9.17) is 20.9 Å². The molecule has 0 aliphatic heterocycles. The van der Waals surface area contributed by atoms with Gasteiger partial charge >= 0.3 is 5.97 Å². The molecule has 2 aromatic rings. The fourth-order valence-electron chi connectivity index (χ4n) is 1.74. The Morgan fingerprint density at radius 2 is 1.52 bits per heavy atom. The first kappa shape index (κ1) is 15.0. The zero-order chi connectivity index (χ0) is 15.1. The highest BCUT2D eigenvalue weighted by Gasteiger charge is 2.18. The molecule has 2 rings (SSSR count). The van der Waals surface area contributed by atoms with E-state index in [1.807, 2.05) is 36.4 Å². The average molecular weight is 286 g/mol. The van der Waals surface area contributed by atoms with Crippen LogP contribution in [0, 0.1) is 0 Å². The summed E-state index contributed by atoms with van der Waals surface area (Å²) < 4.78 is 10.4. The highest BCUT2D eigenvalue weighted by molar-refractivity contribution is 5.74. The molecule has 0 heterocycles. The van der Waals surface area contributed by atoms with Gasteiger partial charge in [-0.3, -0.25) is 5.73 Å². The number of carbonyl (C=O) groups excluding carboxylic acids is 1. The van der Waals surface area contributed by atoms with E-state index in [0.717, 1.165) is 5.56 Å². The average Bonchev–Trinajstić information content (AvgIpc) is 2.54. The van der Waals surface area contributed by atoms with Crippen LogP contribution in [0.4, 0.5) is 0 Å². The molecule has 2 atom stereocenters. The first-order valence-corrected chi connectivity index (χ1v) is 6.61. The molecule has 0 aliphatic rings. The number of para-hydroxylation sites is 1. The van der Waals surface area contributed by atoms with Gasteiger partial charge < -0.3 is 15.2 Å². The molecule has 0 bridgehead atoms. The van der Waals surface area contributed by atoms with Crippen LogP contribution in [0.5, 0.6) is 5.75 Å². The van der Waals surface area contributed by atoms with Crippen LogP contribution >= 0.6 is 0 Å². The number of hydrogen-bond acceptors (Lipinski definition) is 5. The van der Waals surface area contributed by atoms with Crippen molar-refractivity contribution in [1.29, 1.82) is 0 Å². The van der Waals surface area contributed by atoms with Crippen LogP contribution in [0.1, 0.15) is 11.6 Å². The Balaban J connectivity index is 1.81. The molecule has 0 saturated heterocycles. The summed E-state index contributed by atoms with van der Waals surface area (Å²) in [5, 5.41) is 0. The number of esters is 1. The fourth-order valence-corrected chi connectivity index (χ4v) is 1.74. The second kappa shape index (κ2) is 7.42. The molecular formula is C16H18N2O3. The number of ether oxygens (including phenoxy) is 2. The molecule has 21 heavy (non-hydrogen) atoms. The summed E-state index contributed by atoms with van der Waals surface area (Å²) in [6, 6.07) is 17.9. The van der Waals surface area contributed by atoms with Gasteiger partial charge in [-0.15, -0.1) is 0 Å². The van der Waals surface area contributed by atoms with Crippen LogP contribution in [0.15, 0.2) is 60.7 Å². The maximum absolute atomic E-state index is 11.8. The Morgan fingerprint density at radius 3 is 2.14 bits per heavy atom. The smallest absolute Gasteiger partial charge is 0.362 e. The molecule has 5 heteroatoms. The number of carbonyl (C=O) groups is 1. The molecule has 4 N–H and O–H groups in total. The van der Waals surface area contributed by atoms with E-state index in [9.17, 15) is 4.79 Å². The maximum Gasteiger partial charge on any atom is 0.362 e. The summed E-state index contributed by atoms with van der Waals surface area (Å²) in [7, 11) is 0. The van der Waals surface area contributed by atoms with Crippen molar-refractivity contribution in [3.63, 3.8) is 0 Å². The normalized spacial score (nSPS) is 13.2. The SMILES string of the molecule is NC(Oc1ccccc1)C(=O)OCC(N)c1ccccc1. The fraction of sp³-hybridized carbons (Fsp3) is 0.188. The minimum absolute atomic E-state index is 0.0503. The van der Waals surface area contributed by atoms with E-state index < -0.39 is 12.2 Å². The van der Waals surface area contributed by atoms with Crippen molar-refractivity contribution in [2.24, 2.45) is 11.5 Å². The molecular weight excluding hydrogens is 268 g/mol. The largest absolute Gasteiger partial charge is 0.464 e. The Morgan fingerprint density at radius 1 is 0.952 bits per heavy atom. The van der Waals surface area contributed by atoms with Gasteiger partial charge in [-0.2, -0.15) is 0 Å². The molecule has 0 saturated carbocycles. The third-order valence-electron chi connectivity index (χ3n) is 2.87. The zero-order valence-corrected chi connectivity index (χ0v) is 11.5. The lowest BCUT2D eigenvalue weighted by Gasteiger charge is -2.16. The molecule has 0 spiro atoms. The second-order valence-electron chi connectivity index (χ2n) is 4.50. The van der Waals surface area contributed by atoms with Crippen LogP contribution in [-0.4, -0.2) is 18.8 Å². The van der Waals surface area contributed by atoms with Crippen molar-refractivity contribution in [2.45, 2.75) is 12.3 Å². The van der Waals surface area contributed by atoms with Crippen molar-refractivity contribution in [2.75, 3.05) is 6.61 Å². The lowest BCUT2D eigenvalue weighted by atomic mass is 10.1. The standard InChI is InChI=1S/C16H18N2O3/c17-14(12-7-3-1-4-8-12)11-20-16(19)15(18)21-13-9-5-2-6-10-13/h1-10,14-15H,11,17-18H2. The van der Waals surface area contributed by atoms with Gasteiger partial charge in [0.05, 0.1) is 6.04 Å². The van der Waals surface area contributed by atoms with E-state index >= 15 is 0 Å². The third kappa shape index (κ3) is 4.59. The highest BCUT2D eigenvalue weighted by atomic mass is 16.6. The molecule has 2 unspecified atom stereocenters. The highest BCUT2D eigenvalue weighted by Crippen LogP contribution is 2.12. The summed E-state index contributed by atoms with van der Waals surface area (Å²) in [6.07, 6.45) is -1.17. The minimum atomic E-state index is -1.17. The Labute approximate surface area is 123 Å². The maximum atomic E-state index is 11.8. The summed E-state index contributed by atoms with van der Waals surface area (Å²) in [6.45, 7) is 0.0503. The molecule has 0 aromatic heterocycles. The van der Waals surface area contributed by atoms with Gasteiger partial charge in [-0.25, -0.2) is 4.79 Å². The van der Waals surface area contributed by atoms with E-state index in [1.165, 1.54) is 0 Å². The van der Waals surface area contributed by atoms with E-state index in [0.29, 0.717) is 5.75 Å². The molecule has 0 radical (unpaired) electrons. The number of hydrogen-bond donors (Lipinski definition) is 2. The van der Waals surface area contributed by atoms with Gasteiger partial charge in [-0.1, -0.05) is 48.5 Å². The molecule has 0 amide bonds. The van der Waals surface area contributed by atoms with Crippen molar-refractivity contribution in [1.82, 2.24) is 0 Å². The van der Waals surface area contributed by atoms with E-state index in [-0.39, 0.29) is 12.6 Å². The molecule has 0 fully saturated rings. The summed E-state index contributed by atoms with van der Waals surface area (Å²) in [5.41, 5.74) is 12.5. The van der Waals surface area contributed by atoms with Crippen LogP contribution in [0.2, 0.25) is 0 Å². The first-order valence-electron chi connectivity index (χ1n) is 6.61. The minimum Gasteiger partial charge on any atom is -0.464 e. The molecule has 5 nitrogen and oxygen atoms in total. The van der Waals surface area contributed by atoms with Crippen LogP contribution in [-0.2, 0) is 9.53 Å². The van der Waals surface area contributed by atoms with Gasteiger partial charge in [-0.05, 0) is 17.7 Å². The second-order valence-corrected chi connectivity index (χ2v) is 4.50. The zero-order valence-electron chi connectivity index (χ0n) is 11.5.